The number of aryl methyl sites for hydroxylation is 2. The number of hydrogen-bond donors (Lipinski definition) is 1. The van der Waals surface area contributed by atoms with E-state index >= 15 is 0 Å². The van der Waals surface area contributed by atoms with Gasteiger partial charge in [-0.2, -0.15) is 0 Å². The van der Waals surface area contributed by atoms with Gasteiger partial charge in [0.05, 0.1) is 5.39 Å². The summed E-state index contributed by atoms with van der Waals surface area (Å²) in [6.45, 7) is 6.29. The van der Waals surface area contributed by atoms with Gasteiger partial charge in [-0.25, -0.2) is 9.97 Å². The number of nitrogens with one attached hydrogen (secondary N) is 1. The fourth-order valence-electron chi connectivity index (χ4n) is 4.02. The first-order chi connectivity index (χ1) is 14.6. The molecule has 4 rings (SSSR count). The van der Waals surface area contributed by atoms with Crippen molar-refractivity contribution in [2.75, 3.05) is 30.8 Å². The molecule has 3 heterocycles. The molecule has 0 aliphatic carbocycles. The molecule has 0 spiro atoms. The molecule has 0 unspecified atom stereocenters. The zero-order chi connectivity index (χ0) is 21.1. The molecule has 1 amide bonds. The van der Waals surface area contributed by atoms with Crippen molar-refractivity contribution in [3.63, 3.8) is 0 Å². The van der Waals surface area contributed by atoms with Gasteiger partial charge >= 0.3 is 0 Å². The lowest BCUT2D eigenvalue weighted by Gasteiger charge is -2.32. The molecule has 30 heavy (non-hydrogen) atoms. The number of carbonyl (C=O) groups is 1. The van der Waals surface area contributed by atoms with Crippen molar-refractivity contribution in [2.45, 2.75) is 38.0 Å². The minimum atomic E-state index is 0.0598. The quantitative estimate of drug-likeness (QED) is 0.600. The summed E-state index contributed by atoms with van der Waals surface area (Å²) >= 11 is 1.74. The van der Waals surface area contributed by atoms with Crippen LogP contribution in [0.2, 0.25) is 0 Å². The lowest BCUT2D eigenvalue weighted by atomic mass is 9.95. The number of thioether (sulfide) groups is 1. The average Bonchev–Trinajstić information content (AvgIpc) is 3.08. The number of fused-ring (bicyclic) bond motifs is 1. The van der Waals surface area contributed by atoms with E-state index in [1.165, 1.54) is 10.5 Å². The zero-order valence-electron chi connectivity index (χ0n) is 17.8. The van der Waals surface area contributed by atoms with Crippen molar-refractivity contribution in [1.29, 1.82) is 0 Å². The van der Waals surface area contributed by atoms with Gasteiger partial charge in [-0.15, -0.1) is 11.8 Å². The Morgan fingerprint density at radius 1 is 1.20 bits per heavy atom. The van der Waals surface area contributed by atoms with Crippen molar-refractivity contribution in [1.82, 2.24) is 15.3 Å². The summed E-state index contributed by atoms with van der Waals surface area (Å²) < 4.78 is 5.74. The Balaban J connectivity index is 1.30. The number of nitrogens with zero attached hydrogens (tertiary/aromatic N) is 3. The van der Waals surface area contributed by atoms with E-state index in [1.807, 2.05) is 13.8 Å². The molecule has 3 aromatic rings. The second kappa shape index (κ2) is 9.08. The first kappa shape index (κ1) is 20.7. The number of anilines is 1. The fourth-order valence-corrected chi connectivity index (χ4v) is 4.43. The highest BCUT2D eigenvalue weighted by atomic mass is 32.2. The number of furan rings is 1. The topological polar surface area (TPSA) is 71.3 Å². The van der Waals surface area contributed by atoms with Crippen LogP contribution in [0.15, 0.2) is 39.9 Å². The Kier molecular flexibility index (Phi) is 6.27. The third kappa shape index (κ3) is 4.31. The van der Waals surface area contributed by atoms with Gasteiger partial charge in [0.2, 0.25) is 11.6 Å². The van der Waals surface area contributed by atoms with Crippen LogP contribution in [-0.4, -0.2) is 41.8 Å². The van der Waals surface area contributed by atoms with E-state index in [9.17, 15) is 4.79 Å². The number of piperidine rings is 1. The molecular formula is C23H28N4O2S. The average molecular weight is 425 g/mol. The van der Waals surface area contributed by atoms with Gasteiger partial charge in [0.15, 0.2) is 0 Å². The van der Waals surface area contributed by atoms with Crippen LogP contribution in [0.3, 0.4) is 0 Å². The minimum absolute atomic E-state index is 0.0598. The van der Waals surface area contributed by atoms with Crippen LogP contribution in [0.1, 0.15) is 29.7 Å². The summed E-state index contributed by atoms with van der Waals surface area (Å²) in [5.41, 5.74) is 2.98. The van der Waals surface area contributed by atoms with Crippen LogP contribution >= 0.6 is 11.8 Å². The van der Waals surface area contributed by atoms with E-state index < -0.39 is 0 Å². The normalized spacial score (nSPS) is 15.0. The van der Waals surface area contributed by atoms with E-state index in [2.05, 4.69) is 50.7 Å². The molecule has 7 heteroatoms. The highest BCUT2D eigenvalue weighted by molar-refractivity contribution is 7.98. The summed E-state index contributed by atoms with van der Waals surface area (Å²) in [6.07, 6.45) is 6.15. The summed E-state index contributed by atoms with van der Waals surface area (Å²) in [7, 11) is 0. The predicted molar refractivity (Wildman–Crippen MR) is 121 cm³/mol. The molecule has 1 fully saturated rings. The molecule has 0 bridgehead atoms. The first-order valence-corrected chi connectivity index (χ1v) is 11.7. The monoisotopic (exact) mass is 424 g/mol. The van der Waals surface area contributed by atoms with Gasteiger partial charge in [-0.1, -0.05) is 12.1 Å². The lowest BCUT2D eigenvalue weighted by molar-refractivity contribution is -0.125. The summed E-state index contributed by atoms with van der Waals surface area (Å²) in [5, 5.41) is 4.11. The van der Waals surface area contributed by atoms with Crippen molar-refractivity contribution >= 4 is 34.6 Å². The van der Waals surface area contributed by atoms with E-state index in [4.69, 9.17) is 4.42 Å². The molecule has 1 aromatic carbocycles. The van der Waals surface area contributed by atoms with Gasteiger partial charge in [0, 0.05) is 36.0 Å². The second-order valence-electron chi connectivity index (χ2n) is 7.81. The van der Waals surface area contributed by atoms with Crippen molar-refractivity contribution < 1.29 is 9.21 Å². The number of amides is 1. The zero-order valence-corrected chi connectivity index (χ0v) is 18.6. The lowest BCUT2D eigenvalue weighted by Crippen LogP contribution is -2.41. The fraction of sp³-hybridized carbons (Fsp3) is 0.435. The van der Waals surface area contributed by atoms with Crippen LogP contribution in [0.5, 0.6) is 0 Å². The number of rotatable bonds is 6. The number of hydrogen-bond acceptors (Lipinski definition) is 6. The Hall–Kier alpha value is -2.54. The SMILES string of the molecule is CSc1ccc(CCNC(=O)C2CCN(c3ncnc4oc(C)c(C)c34)CC2)cc1. The smallest absolute Gasteiger partial charge is 0.231 e. The molecule has 0 radical (unpaired) electrons. The van der Waals surface area contributed by atoms with E-state index in [-0.39, 0.29) is 11.8 Å². The molecule has 1 aliphatic heterocycles. The largest absolute Gasteiger partial charge is 0.443 e. The van der Waals surface area contributed by atoms with E-state index in [0.717, 1.165) is 54.9 Å². The van der Waals surface area contributed by atoms with E-state index in [1.54, 1.807) is 18.1 Å². The summed E-state index contributed by atoms with van der Waals surface area (Å²) in [6, 6.07) is 8.53. The van der Waals surface area contributed by atoms with Crippen molar-refractivity contribution in [3.05, 3.63) is 47.5 Å². The Morgan fingerprint density at radius 3 is 2.63 bits per heavy atom. The van der Waals surface area contributed by atoms with Gasteiger partial charge in [-0.3, -0.25) is 4.79 Å². The standard InChI is InChI=1S/C23H28N4O2S/c1-15-16(2)29-23-20(15)21(25-14-26-23)27-12-9-18(10-13-27)22(28)24-11-8-17-4-6-19(30-3)7-5-17/h4-7,14,18H,8-13H2,1-3H3,(H,24,28). The molecule has 1 aliphatic rings. The molecule has 0 atom stereocenters. The van der Waals surface area contributed by atoms with Gasteiger partial charge in [-0.05, 0) is 57.1 Å². The summed E-state index contributed by atoms with van der Waals surface area (Å²) in [5.74, 6) is 2.02. The Morgan fingerprint density at radius 2 is 1.93 bits per heavy atom. The minimum Gasteiger partial charge on any atom is -0.443 e. The van der Waals surface area contributed by atoms with Gasteiger partial charge in [0.1, 0.15) is 17.9 Å². The predicted octanol–water partition coefficient (Wildman–Crippen LogP) is 4.14. The van der Waals surface area contributed by atoms with Crippen LogP contribution in [-0.2, 0) is 11.2 Å². The molecule has 158 valence electrons. The number of aromatic nitrogens is 2. The second-order valence-corrected chi connectivity index (χ2v) is 8.69. The Labute approximate surface area is 181 Å². The highest BCUT2D eigenvalue weighted by Crippen LogP contribution is 2.32. The maximum atomic E-state index is 12.6. The number of carbonyl (C=O) groups excluding carboxylic acids is 1. The number of benzene rings is 1. The Bertz CT molecular complexity index is 1020. The molecular weight excluding hydrogens is 396 g/mol. The van der Waals surface area contributed by atoms with Crippen molar-refractivity contribution in [3.8, 4) is 0 Å². The molecule has 6 nitrogen and oxygen atoms in total. The van der Waals surface area contributed by atoms with Crippen molar-refractivity contribution in [2.24, 2.45) is 5.92 Å². The molecule has 1 saturated heterocycles. The highest BCUT2D eigenvalue weighted by Gasteiger charge is 2.27. The van der Waals surface area contributed by atoms with Gasteiger partial charge in [0.25, 0.3) is 0 Å². The maximum Gasteiger partial charge on any atom is 0.231 e. The summed E-state index contributed by atoms with van der Waals surface area (Å²) in [4.78, 5) is 24.9. The molecule has 0 saturated carbocycles. The maximum absolute atomic E-state index is 12.6. The first-order valence-electron chi connectivity index (χ1n) is 10.4. The third-order valence-corrected chi connectivity index (χ3v) is 6.73. The van der Waals surface area contributed by atoms with Crippen LogP contribution in [0.4, 0.5) is 5.82 Å². The van der Waals surface area contributed by atoms with E-state index in [0.29, 0.717) is 12.3 Å². The van der Waals surface area contributed by atoms with Crippen LogP contribution in [0.25, 0.3) is 11.1 Å². The molecule has 1 N–H and O–H groups in total. The third-order valence-electron chi connectivity index (χ3n) is 5.98. The van der Waals surface area contributed by atoms with Crippen LogP contribution in [0, 0.1) is 19.8 Å². The van der Waals surface area contributed by atoms with Crippen LogP contribution < -0.4 is 10.2 Å². The van der Waals surface area contributed by atoms with Gasteiger partial charge < -0.3 is 14.6 Å². The molecule has 2 aromatic heterocycles.